The summed E-state index contributed by atoms with van der Waals surface area (Å²) >= 11 is 3.35. The number of amides is 1. The van der Waals surface area contributed by atoms with Crippen molar-refractivity contribution in [3.63, 3.8) is 0 Å². The topological polar surface area (TPSA) is 50.7 Å². The second-order valence-corrected chi connectivity index (χ2v) is 7.62. The molecule has 0 saturated carbocycles. The molecule has 0 atom stereocenters. The molecule has 0 fully saturated rings. The third-order valence-electron chi connectivity index (χ3n) is 4.64. The van der Waals surface area contributed by atoms with Crippen LogP contribution in [0.5, 0.6) is 5.75 Å². The minimum absolute atomic E-state index is 0.256. The standard InChI is InChI=1S/C25H19BrN2O2/c26-22-12-10-20(11-13-22)25(29)28-27-16-18-8-14-23(15-9-18)30-17-21-6-3-5-19-4-1-2-7-24(19)21/h1-16H,17H2,(H,28,29)/b27-16+. The van der Waals surface area contributed by atoms with Gasteiger partial charge in [0.1, 0.15) is 12.4 Å². The maximum absolute atomic E-state index is 12.1. The number of carbonyl (C=O) groups excluding carboxylic acids is 1. The van der Waals surface area contributed by atoms with E-state index in [0.29, 0.717) is 12.2 Å². The van der Waals surface area contributed by atoms with E-state index in [1.165, 1.54) is 10.8 Å². The van der Waals surface area contributed by atoms with E-state index in [1.807, 2.05) is 54.6 Å². The fraction of sp³-hybridized carbons (Fsp3) is 0.0400. The molecular formula is C25H19BrN2O2. The van der Waals surface area contributed by atoms with Crippen molar-refractivity contribution < 1.29 is 9.53 Å². The van der Waals surface area contributed by atoms with Crippen molar-refractivity contribution in [3.8, 4) is 5.75 Å². The number of hydrogen-bond acceptors (Lipinski definition) is 3. The Hall–Kier alpha value is -3.44. The maximum Gasteiger partial charge on any atom is 0.271 e. The van der Waals surface area contributed by atoms with Gasteiger partial charge in [-0.05, 0) is 70.4 Å². The van der Waals surface area contributed by atoms with Crippen molar-refractivity contribution in [3.05, 3.63) is 112 Å². The number of halogens is 1. The SMILES string of the molecule is O=C(N/N=C/c1ccc(OCc2cccc3ccccc23)cc1)c1ccc(Br)cc1. The number of nitrogens with one attached hydrogen (secondary N) is 1. The molecule has 30 heavy (non-hydrogen) atoms. The quantitative estimate of drug-likeness (QED) is 0.286. The summed E-state index contributed by atoms with van der Waals surface area (Å²) < 4.78 is 6.87. The van der Waals surface area contributed by atoms with Gasteiger partial charge in [0.2, 0.25) is 0 Å². The number of nitrogens with zero attached hydrogens (tertiary/aromatic N) is 1. The third kappa shape index (κ3) is 4.93. The molecule has 1 amide bonds. The van der Waals surface area contributed by atoms with Gasteiger partial charge in [-0.2, -0.15) is 5.10 Å². The Morgan fingerprint density at radius 3 is 2.43 bits per heavy atom. The van der Waals surface area contributed by atoms with E-state index in [-0.39, 0.29) is 5.91 Å². The first-order valence-corrected chi connectivity index (χ1v) is 10.3. The molecule has 0 heterocycles. The van der Waals surface area contributed by atoms with Crippen LogP contribution < -0.4 is 10.2 Å². The zero-order valence-electron chi connectivity index (χ0n) is 16.1. The van der Waals surface area contributed by atoms with E-state index >= 15 is 0 Å². The summed E-state index contributed by atoms with van der Waals surface area (Å²) in [5.74, 6) is 0.521. The summed E-state index contributed by atoms with van der Waals surface area (Å²) in [7, 11) is 0. The maximum atomic E-state index is 12.1. The van der Waals surface area contributed by atoms with E-state index in [2.05, 4.69) is 50.7 Å². The summed E-state index contributed by atoms with van der Waals surface area (Å²) in [6.45, 7) is 0.498. The van der Waals surface area contributed by atoms with Crippen LogP contribution in [0.25, 0.3) is 10.8 Å². The fourth-order valence-corrected chi connectivity index (χ4v) is 3.33. The first kappa shape index (κ1) is 19.9. The molecule has 148 valence electrons. The van der Waals surface area contributed by atoms with Crippen LogP contribution in [0.15, 0.2) is 101 Å². The number of hydrogen-bond donors (Lipinski definition) is 1. The Kier molecular flexibility index (Phi) is 6.20. The number of benzene rings is 4. The second-order valence-electron chi connectivity index (χ2n) is 6.70. The zero-order valence-corrected chi connectivity index (χ0v) is 17.7. The van der Waals surface area contributed by atoms with Crippen LogP contribution in [0.4, 0.5) is 0 Å². The molecule has 4 rings (SSSR count). The van der Waals surface area contributed by atoms with Crippen LogP contribution >= 0.6 is 15.9 Å². The third-order valence-corrected chi connectivity index (χ3v) is 5.17. The van der Waals surface area contributed by atoms with E-state index in [0.717, 1.165) is 21.3 Å². The van der Waals surface area contributed by atoms with Crippen molar-refractivity contribution >= 4 is 38.8 Å². The first-order chi connectivity index (χ1) is 14.7. The lowest BCUT2D eigenvalue weighted by molar-refractivity contribution is 0.0955. The predicted octanol–water partition coefficient (Wildman–Crippen LogP) is 5.95. The average molecular weight is 459 g/mol. The van der Waals surface area contributed by atoms with Crippen molar-refractivity contribution in [2.24, 2.45) is 5.10 Å². The Bertz CT molecular complexity index is 1180. The van der Waals surface area contributed by atoms with E-state index < -0.39 is 0 Å². The van der Waals surface area contributed by atoms with Gasteiger partial charge in [-0.3, -0.25) is 4.79 Å². The lowest BCUT2D eigenvalue weighted by atomic mass is 10.1. The van der Waals surface area contributed by atoms with Gasteiger partial charge in [-0.15, -0.1) is 0 Å². The van der Waals surface area contributed by atoms with Crippen molar-refractivity contribution in [2.75, 3.05) is 0 Å². The summed E-state index contributed by atoms with van der Waals surface area (Å²) in [6, 6.07) is 29.2. The highest BCUT2D eigenvalue weighted by molar-refractivity contribution is 9.10. The molecule has 4 aromatic rings. The average Bonchev–Trinajstić information content (AvgIpc) is 2.79. The van der Waals surface area contributed by atoms with E-state index in [9.17, 15) is 4.79 Å². The molecule has 1 N–H and O–H groups in total. The lowest BCUT2D eigenvalue weighted by Gasteiger charge is -2.09. The molecule has 0 radical (unpaired) electrons. The Morgan fingerprint density at radius 1 is 0.900 bits per heavy atom. The van der Waals surface area contributed by atoms with E-state index in [1.54, 1.807) is 18.3 Å². The zero-order chi connectivity index (χ0) is 20.8. The second kappa shape index (κ2) is 9.37. The Morgan fingerprint density at radius 2 is 1.63 bits per heavy atom. The fourth-order valence-electron chi connectivity index (χ4n) is 3.06. The largest absolute Gasteiger partial charge is 0.489 e. The van der Waals surface area contributed by atoms with Gasteiger partial charge in [0.25, 0.3) is 5.91 Å². The summed E-state index contributed by atoms with van der Waals surface area (Å²) in [5, 5.41) is 6.42. The molecule has 0 spiro atoms. The molecule has 5 heteroatoms. The van der Waals surface area contributed by atoms with Crippen molar-refractivity contribution in [1.29, 1.82) is 0 Å². The number of ether oxygens (including phenoxy) is 1. The van der Waals surface area contributed by atoms with Crippen molar-refractivity contribution in [2.45, 2.75) is 6.61 Å². The predicted molar refractivity (Wildman–Crippen MR) is 124 cm³/mol. The summed E-state index contributed by atoms with van der Waals surface area (Å²) in [4.78, 5) is 12.1. The minimum Gasteiger partial charge on any atom is -0.489 e. The van der Waals surface area contributed by atoms with Gasteiger partial charge in [-0.25, -0.2) is 5.43 Å². The minimum atomic E-state index is -0.256. The highest BCUT2D eigenvalue weighted by Crippen LogP contribution is 2.21. The number of fused-ring (bicyclic) bond motifs is 1. The molecule has 0 unspecified atom stereocenters. The van der Waals surface area contributed by atoms with Crippen LogP contribution in [0.2, 0.25) is 0 Å². The van der Waals surface area contributed by atoms with Crippen LogP contribution in [-0.2, 0) is 6.61 Å². The number of carbonyl (C=O) groups is 1. The summed E-state index contributed by atoms with van der Waals surface area (Å²) in [5.41, 5.74) is 5.09. The smallest absolute Gasteiger partial charge is 0.271 e. The van der Waals surface area contributed by atoms with Gasteiger partial charge >= 0.3 is 0 Å². The van der Waals surface area contributed by atoms with Gasteiger partial charge in [-0.1, -0.05) is 58.4 Å². The molecule has 0 bridgehead atoms. The van der Waals surface area contributed by atoms with Gasteiger partial charge in [0, 0.05) is 10.0 Å². The van der Waals surface area contributed by atoms with Gasteiger partial charge < -0.3 is 4.74 Å². The lowest BCUT2D eigenvalue weighted by Crippen LogP contribution is -2.17. The monoisotopic (exact) mass is 458 g/mol. The Balaban J connectivity index is 1.34. The molecule has 0 aromatic heterocycles. The van der Waals surface area contributed by atoms with Crippen LogP contribution in [0, 0.1) is 0 Å². The highest BCUT2D eigenvalue weighted by Gasteiger charge is 2.04. The number of hydrazone groups is 1. The number of rotatable bonds is 6. The van der Waals surface area contributed by atoms with E-state index in [4.69, 9.17) is 4.74 Å². The van der Waals surface area contributed by atoms with Gasteiger partial charge in [0.05, 0.1) is 6.21 Å². The summed E-state index contributed by atoms with van der Waals surface area (Å²) in [6.07, 6.45) is 1.60. The first-order valence-electron chi connectivity index (χ1n) is 9.47. The van der Waals surface area contributed by atoms with Crippen molar-refractivity contribution in [1.82, 2.24) is 5.43 Å². The molecule has 0 aliphatic heterocycles. The molecule has 4 aromatic carbocycles. The van der Waals surface area contributed by atoms with Gasteiger partial charge in [0.15, 0.2) is 0 Å². The van der Waals surface area contributed by atoms with Crippen LogP contribution in [0.3, 0.4) is 0 Å². The molecular weight excluding hydrogens is 440 g/mol. The molecule has 4 nitrogen and oxygen atoms in total. The molecule has 0 saturated heterocycles. The Labute approximate surface area is 183 Å². The van der Waals surface area contributed by atoms with Crippen LogP contribution in [0.1, 0.15) is 21.5 Å². The molecule has 0 aliphatic rings. The van der Waals surface area contributed by atoms with Crippen LogP contribution in [-0.4, -0.2) is 12.1 Å². The normalized spacial score (nSPS) is 11.0. The molecule has 0 aliphatic carbocycles. The highest BCUT2D eigenvalue weighted by atomic mass is 79.9.